The zero-order valence-corrected chi connectivity index (χ0v) is 6.53. The van der Waals surface area contributed by atoms with Gasteiger partial charge in [0.2, 0.25) is 0 Å². The summed E-state index contributed by atoms with van der Waals surface area (Å²) >= 11 is 0. The summed E-state index contributed by atoms with van der Waals surface area (Å²) in [5.41, 5.74) is 4.82. The third-order valence-corrected chi connectivity index (χ3v) is 2.77. The minimum absolute atomic E-state index is 0.305. The van der Waals surface area contributed by atoms with Gasteiger partial charge < -0.3 is 5.73 Å². The maximum absolute atomic E-state index is 10.7. The molecule has 0 spiro atoms. The van der Waals surface area contributed by atoms with E-state index in [1.165, 1.54) is 0 Å². The highest BCUT2D eigenvalue weighted by Crippen LogP contribution is 2.07. The fourth-order valence-corrected chi connectivity index (χ4v) is 2.15. The van der Waals surface area contributed by atoms with Crippen molar-refractivity contribution in [2.75, 3.05) is 13.1 Å². The second kappa shape index (κ2) is 2.16. The van der Waals surface area contributed by atoms with Gasteiger partial charge in [0.05, 0.1) is 5.54 Å². The monoisotopic (exact) mass is 165 g/mol. The molecule has 0 aromatic heterocycles. The Morgan fingerprint density at radius 2 is 2.30 bits per heavy atom. The minimum Gasteiger partial charge on any atom is -0.329 e. The lowest BCUT2D eigenvalue weighted by atomic mass is 10.1. The molecule has 0 aliphatic carbocycles. The highest BCUT2D eigenvalue weighted by Gasteiger charge is 2.35. The summed E-state index contributed by atoms with van der Waals surface area (Å²) in [6.07, 6.45) is 0. The van der Waals surface area contributed by atoms with E-state index in [-0.39, 0.29) is 0 Å². The van der Waals surface area contributed by atoms with E-state index in [1.807, 2.05) is 0 Å². The molecule has 0 aromatic rings. The molecule has 1 aliphatic rings. The molecule has 0 radical (unpaired) electrons. The molecule has 0 aromatic carbocycles. The largest absolute Gasteiger partial charge is 0.329 e. The highest BCUT2D eigenvalue weighted by atomic mass is 32.2. The molecule has 1 atom stereocenters. The molecule has 10 heavy (non-hydrogen) atoms. The van der Waals surface area contributed by atoms with Crippen LogP contribution in [0, 0.1) is 0 Å². The second-order valence-electron chi connectivity index (χ2n) is 2.69. The Balaban J connectivity index is 2.76. The zero-order valence-electron chi connectivity index (χ0n) is 5.72. The molecule has 0 amide bonds. The molecule has 4 N–H and O–H groups in total. The standard InChI is InChI=1S/C4H11N3O2S/c1-4(2-5)3-6-10(8,9)7-4/h6-7H,2-3,5H2,1H3. The maximum atomic E-state index is 10.7. The highest BCUT2D eigenvalue weighted by molar-refractivity contribution is 7.87. The summed E-state index contributed by atoms with van der Waals surface area (Å²) in [4.78, 5) is 0. The number of nitrogens with one attached hydrogen (secondary N) is 2. The van der Waals surface area contributed by atoms with Crippen molar-refractivity contribution in [1.29, 1.82) is 0 Å². The first kappa shape index (κ1) is 7.93. The van der Waals surface area contributed by atoms with Crippen LogP contribution >= 0.6 is 0 Å². The summed E-state index contributed by atoms with van der Waals surface area (Å²) in [5.74, 6) is 0. The molecule has 1 heterocycles. The molecule has 1 fully saturated rings. The molecule has 6 heteroatoms. The van der Waals surface area contributed by atoms with Gasteiger partial charge in [0, 0.05) is 13.1 Å². The van der Waals surface area contributed by atoms with E-state index >= 15 is 0 Å². The van der Waals surface area contributed by atoms with Crippen molar-refractivity contribution < 1.29 is 8.42 Å². The van der Waals surface area contributed by atoms with Crippen molar-refractivity contribution in [2.45, 2.75) is 12.5 Å². The molecule has 0 bridgehead atoms. The summed E-state index contributed by atoms with van der Waals surface area (Å²) < 4.78 is 26.2. The number of hydrogen-bond acceptors (Lipinski definition) is 3. The molecule has 1 aliphatic heterocycles. The maximum Gasteiger partial charge on any atom is 0.277 e. The SMILES string of the molecule is CC1(CN)CNS(=O)(=O)N1. The van der Waals surface area contributed by atoms with Crippen LogP contribution in [0.3, 0.4) is 0 Å². The van der Waals surface area contributed by atoms with Crippen molar-refractivity contribution in [2.24, 2.45) is 5.73 Å². The Morgan fingerprint density at radius 3 is 2.50 bits per heavy atom. The first-order chi connectivity index (χ1) is 4.47. The normalized spacial score (nSPS) is 38.2. The third-order valence-electron chi connectivity index (χ3n) is 1.48. The quantitative estimate of drug-likeness (QED) is 0.426. The van der Waals surface area contributed by atoms with Crippen molar-refractivity contribution in [1.82, 2.24) is 9.44 Å². The van der Waals surface area contributed by atoms with Gasteiger partial charge in [-0.1, -0.05) is 0 Å². The number of nitrogens with two attached hydrogens (primary N) is 1. The van der Waals surface area contributed by atoms with Gasteiger partial charge in [0.15, 0.2) is 0 Å². The summed E-state index contributed by atoms with van der Waals surface area (Å²) in [6, 6.07) is 0. The van der Waals surface area contributed by atoms with Gasteiger partial charge in [-0.05, 0) is 6.92 Å². The molecule has 1 saturated heterocycles. The van der Waals surface area contributed by atoms with Crippen LogP contribution in [0.25, 0.3) is 0 Å². The van der Waals surface area contributed by atoms with Crippen molar-refractivity contribution in [3.05, 3.63) is 0 Å². The van der Waals surface area contributed by atoms with E-state index in [9.17, 15) is 8.42 Å². The minimum atomic E-state index is -3.25. The molecular formula is C4H11N3O2S. The van der Waals surface area contributed by atoms with Crippen LogP contribution < -0.4 is 15.2 Å². The number of hydrogen-bond donors (Lipinski definition) is 3. The van der Waals surface area contributed by atoms with Crippen molar-refractivity contribution in [3.8, 4) is 0 Å². The fourth-order valence-electron chi connectivity index (χ4n) is 0.765. The van der Waals surface area contributed by atoms with Gasteiger partial charge in [-0.25, -0.2) is 4.72 Å². The Labute approximate surface area is 60.2 Å². The molecule has 1 rings (SSSR count). The van der Waals surface area contributed by atoms with Gasteiger partial charge in [0.1, 0.15) is 0 Å². The van der Waals surface area contributed by atoms with Gasteiger partial charge in [0.25, 0.3) is 10.2 Å². The van der Waals surface area contributed by atoms with Crippen LogP contribution in [-0.2, 0) is 10.2 Å². The zero-order chi connectivity index (χ0) is 7.83. The lowest BCUT2D eigenvalue weighted by Crippen LogP contribution is -2.46. The fraction of sp³-hybridized carbons (Fsp3) is 1.00. The Hall–Kier alpha value is -0.170. The van der Waals surface area contributed by atoms with Crippen LogP contribution in [0.4, 0.5) is 0 Å². The first-order valence-corrected chi connectivity index (χ1v) is 4.44. The van der Waals surface area contributed by atoms with Gasteiger partial charge >= 0.3 is 0 Å². The Kier molecular flexibility index (Phi) is 1.71. The van der Waals surface area contributed by atoms with Gasteiger partial charge in [-0.3, -0.25) is 0 Å². The molecule has 5 nitrogen and oxygen atoms in total. The topological polar surface area (TPSA) is 84.2 Å². The predicted octanol–water partition coefficient (Wildman–Crippen LogP) is -1.86. The molecular weight excluding hydrogens is 154 g/mol. The van der Waals surface area contributed by atoms with Crippen LogP contribution in [-0.4, -0.2) is 27.0 Å². The first-order valence-electron chi connectivity index (χ1n) is 2.96. The average molecular weight is 165 g/mol. The smallest absolute Gasteiger partial charge is 0.277 e. The molecule has 60 valence electrons. The van der Waals surface area contributed by atoms with E-state index in [2.05, 4.69) is 9.44 Å². The lowest BCUT2D eigenvalue weighted by Gasteiger charge is -2.17. The summed E-state index contributed by atoms with van der Waals surface area (Å²) in [6.45, 7) is 2.43. The van der Waals surface area contributed by atoms with Gasteiger partial charge in [-0.15, -0.1) is 0 Å². The Morgan fingerprint density at radius 1 is 1.70 bits per heavy atom. The third kappa shape index (κ3) is 1.46. The van der Waals surface area contributed by atoms with E-state index < -0.39 is 15.7 Å². The Bertz CT molecular complexity index is 225. The summed E-state index contributed by atoms with van der Waals surface area (Å²) in [5, 5.41) is 0. The van der Waals surface area contributed by atoms with Crippen LogP contribution in [0.5, 0.6) is 0 Å². The second-order valence-corrected chi connectivity index (χ2v) is 4.19. The van der Waals surface area contributed by atoms with Crippen LogP contribution in [0.1, 0.15) is 6.92 Å². The van der Waals surface area contributed by atoms with Crippen molar-refractivity contribution >= 4 is 10.2 Å². The van der Waals surface area contributed by atoms with Gasteiger partial charge in [-0.2, -0.15) is 13.1 Å². The van der Waals surface area contributed by atoms with E-state index in [0.717, 1.165) is 0 Å². The van der Waals surface area contributed by atoms with Crippen LogP contribution in [0.2, 0.25) is 0 Å². The summed E-state index contributed by atoms with van der Waals surface area (Å²) in [7, 11) is -3.25. The lowest BCUT2D eigenvalue weighted by molar-refractivity contribution is 0.466. The molecule has 0 saturated carbocycles. The predicted molar refractivity (Wildman–Crippen MR) is 37.5 cm³/mol. The molecule has 1 unspecified atom stereocenters. The average Bonchev–Trinajstić information content (AvgIpc) is 2.08. The van der Waals surface area contributed by atoms with E-state index in [4.69, 9.17) is 5.73 Å². The van der Waals surface area contributed by atoms with Crippen LogP contribution in [0.15, 0.2) is 0 Å². The number of rotatable bonds is 1. The van der Waals surface area contributed by atoms with E-state index in [1.54, 1.807) is 6.92 Å². The van der Waals surface area contributed by atoms with E-state index in [0.29, 0.717) is 13.1 Å². The van der Waals surface area contributed by atoms with Crippen molar-refractivity contribution in [3.63, 3.8) is 0 Å².